The quantitative estimate of drug-likeness (QED) is 0.585. The fraction of sp³-hybridized carbons (Fsp3) is 0.438. The highest BCUT2D eigenvalue weighted by Crippen LogP contribution is 2.23. The molecule has 0 saturated heterocycles. The fourth-order valence-electron chi connectivity index (χ4n) is 3.14. The van der Waals surface area contributed by atoms with Crippen molar-refractivity contribution in [1.82, 2.24) is 24.8 Å². The molecule has 8 heteroatoms. The highest BCUT2D eigenvalue weighted by Gasteiger charge is 2.20. The van der Waals surface area contributed by atoms with E-state index in [-0.39, 0.29) is 0 Å². The molecule has 0 bridgehead atoms. The first-order chi connectivity index (χ1) is 11.7. The molecule has 1 aliphatic carbocycles. The maximum atomic E-state index is 5.98. The topological polar surface area (TPSA) is 109 Å². The van der Waals surface area contributed by atoms with Crippen LogP contribution in [0.25, 0.3) is 5.52 Å². The molecule has 3 aromatic rings. The van der Waals surface area contributed by atoms with E-state index in [1.165, 1.54) is 0 Å². The van der Waals surface area contributed by atoms with Crippen LogP contribution in [0, 0.1) is 6.92 Å². The molecule has 1 aliphatic rings. The Bertz CT molecular complexity index is 828. The number of aryl methyl sites for hydroxylation is 1. The van der Waals surface area contributed by atoms with Crippen molar-refractivity contribution in [2.45, 2.75) is 44.7 Å². The van der Waals surface area contributed by atoms with E-state index in [1.807, 2.05) is 35.8 Å². The standard InChI is InChI=1S/C16H22N8/c1-10-9-14(22-21-10)19-15-13-3-2-8-24(13)23-16(20-15)18-12-6-4-11(17)5-7-12/h2-3,8-9,11-12H,4-7,17H2,1H3,(H3,18,19,20,21,22,23)/t11-,12-. The summed E-state index contributed by atoms with van der Waals surface area (Å²) in [5, 5.41) is 18.4. The normalized spacial score (nSPS) is 21.1. The van der Waals surface area contributed by atoms with Crippen LogP contribution in [0.4, 0.5) is 17.6 Å². The van der Waals surface area contributed by atoms with Gasteiger partial charge in [-0.3, -0.25) is 5.10 Å². The third-order valence-corrected chi connectivity index (χ3v) is 4.45. The fourth-order valence-corrected chi connectivity index (χ4v) is 3.14. The molecule has 0 spiro atoms. The average molecular weight is 326 g/mol. The molecule has 3 heterocycles. The number of H-pyrrole nitrogens is 1. The van der Waals surface area contributed by atoms with Gasteiger partial charge >= 0.3 is 0 Å². The summed E-state index contributed by atoms with van der Waals surface area (Å²) in [6, 6.07) is 6.57. The van der Waals surface area contributed by atoms with Crippen molar-refractivity contribution in [3.63, 3.8) is 0 Å². The first-order valence-corrected chi connectivity index (χ1v) is 8.34. The smallest absolute Gasteiger partial charge is 0.243 e. The Kier molecular flexibility index (Phi) is 3.81. The number of aromatic nitrogens is 5. The molecule has 24 heavy (non-hydrogen) atoms. The van der Waals surface area contributed by atoms with Gasteiger partial charge in [-0.25, -0.2) is 4.52 Å². The van der Waals surface area contributed by atoms with Crippen molar-refractivity contribution in [2.75, 3.05) is 10.6 Å². The summed E-state index contributed by atoms with van der Waals surface area (Å²) in [6.07, 6.45) is 6.10. The molecule has 0 radical (unpaired) electrons. The van der Waals surface area contributed by atoms with E-state index in [2.05, 4.69) is 30.9 Å². The van der Waals surface area contributed by atoms with Crippen molar-refractivity contribution in [1.29, 1.82) is 0 Å². The highest BCUT2D eigenvalue weighted by atomic mass is 15.3. The van der Waals surface area contributed by atoms with Crippen molar-refractivity contribution in [2.24, 2.45) is 5.73 Å². The Morgan fingerprint density at radius 1 is 1.29 bits per heavy atom. The summed E-state index contributed by atoms with van der Waals surface area (Å²) in [4.78, 5) is 4.65. The zero-order chi connectivity index (χ0) is 16.5. The lowest BCUT2D eigenvalue weighted by molar-refractivity contribution is 0.409. The first-order valence-electron chi connectivity index (χ1n) is 8.34. The van der Waals surface area contributed by atoms with Gasteiger partial charge in [-0.1, -0.05) is 0 Å². The second kappa shape index (κ2) is 6.12. The number of nitrogens with one attached hydrogen (secondary N) is 3. The molecule has 1 fully saturated rings. The maximum Gasteiger partial charge on any atom is 0.243 e. The second-order valence-corrected chi connectivity index (χ2v) is 6.44. The van der Waals surface area contributed by atoms with Gasteiger partial charge < -0.3 is 16.4 Å². The van der Waals surface area contributed by atoms with Crippen LogP contribution >= 0.6 is 0 Å². The van der Waals surface area contributed by atoms with E-state index in [4.69, 9.17) is 5.73 Å². The lowest BCUT2D eigenvalue weighted by Gasteiger charge is -2.26. The van der Waals surface area contributed by atoms with Crippen LogP contribution in [0.15, 0.2) is 24.4 Å². The van der Waals surface area contributed by atoms with E-state index >= 15 is 0 Å². The van der Waals surface area contributed by atoms with Gasteiger partial charge in [0.1, 0.15) is 5.52 Å². The number of nitrogens with two attached hydrogens (primary N) is 1. The van der Waals surface area contributed by atoms with Crippen LogP contribution in [0.2, 0.25) is 0 Å². The molecular weight excluding hydrogens is 304 g/mol. The first kappa shape index (κ1) is 14.9. The van der Waals surface area contributed by atoms with Gasteiger partial charge in [0.15, 0.2) is 11.6 Å². The Labute approximate surface area is 139 Å². The van der Waals surface area contributed by atoms with E-state index in [0.29, 0.717) is 18.0 Å². The zero-order valence-electron chi connectivity index (χ0n) is 13.7. The average Bonchev–Trinajstić information content (AvgIpc) is 3.19. The molecule has 0 unspecified atom stereocenters. The third kappa shape index (κ3) is 3.05. The van der Waals surface area contributed by atoms with E-state index in [9.17, 15) is 0 Å². The SMILES string of the molecule is Cc1cc(Nc2nc(N[C@H]3CC[C@H](N)CC3)nn3cccc23)n[nH]1. The van der Waals surface area contributed by atoms with Gasteiger partial charge in [-0.2, -0.15) is 10.1 Å². The molecule has 0 aromatic carbocycles. The molecule has 1 saturated carbocycles. The Morgan fingerprint density at radius 3 is 2.88 bits per heavy atom. The number of aromatic amines is 1. The van der Waals surface area contributed by atoms with Gasteiger partial charge in [0.05, 0.1) is 0 Å². The number of hydrogen-bond acceptors (Lipinski definition) is 6. The van der Waals surface area contributed by atoms with E-state index in [1.54, 1.807) is 0 Å². The van der Waals surface area contributed by atoms with Gasteiger partial charge in [0, 0.05) is 30.0 Å². The lowest BCUT2D eigenvalue weighted by atomic mass is 9.92. The molecule has 3 aromatic heterocycles. The number of fused-ring (bicyclic) bond motifs is 1. The number of nitrogens with zero attached hydrogens (tertiary/aromatic N) is 4. The van der Waals surface area contributed by atoms with Crippen molar-refractivity contribution >= 4 is 23.1 Å². The zero-order valence-corrected chi connectivity index (χ0v) is 13.7. The van der Waals surface area contributed by atoms with E-state index < -0.39 is 0 Å². The van der Waals surface area contributed by atoms with Crippen LogP contribution in [0.3, 0.4) is 0 Å². The van der Waals surface area contributed by atoms with Crippen molar-refractivity contribution in [3.05, 3.63) is 30.1 Å². The number of rotatable bonds is 4. The summed E-state index contributed by atoms with van der Waals surface area (Å²) >= 11 is 0. The van der Waals surface area contributed by atoms with E-state index in [0.717, 1.165) is 48.5 Å². The number of hydrogen-bond donors (Lipinski definition) is 4. The van der Waals surface area contributed by atoms with Crippen LogP contribution < -0.4 is 16.4 Å². The molecule has 0 atom stereocenters. The third-order valence-electron chi connectivity index (χ3n) is 4.45. The minimum Gasteiger partial charge on any atom is -0.350 e. The molecule has 0 amide bonds. The lowest BCUT2D eigenvalue weighted by Crippen LogP contribution is -2.33. The monoisotopic (exact) mass is 326 g/mol. The van der Waals surface area contributed by atoms with Gasteiger partial charge in [0.25, 0.3) is 0 Å². The van der Waals surface area contributed by atoms with Crippen molar-refractivity contribution in [3.8, 4) is 0 Å². The Morgan fingerprint density at radius 2 is 2.12 bits per heavy atom. The molecule has 5 N–H and O–H groups in total. The van der Waals surface area contributed by atoms with Crippen molar-refractivity contribution < 1.29 is 0 Å². The maximum absolute atomic E-state index is 5.98. The van der Waals surface area contributed by atoms with Gasteiger partial charge in [-0.15, -0.1) is 5.10 Å². The van der Waals surface area contributed by atoms with Crippen LogP contribution in [0.5, 0.6) is 0 Å². The summed E-state index contributed by atoms with van der Waals surface area (Å²) < 4.78 is 1.83. The summed E-state index contributed by atoms with van der Waals surface area (Å²) in [7, 11) is 0. The van der Waals surface area contributed by atoms with Crippen LogP contribution in [0.1, 0.15) is 31.4 Å². The summed E-state index contributed by atoms with van der Waals surface area (Å²) in [5.41, 5.74) is 7.88. The molecule has 126 valence electrons. The Balaban J connectivity index is 1.59. The molecular formula is C16H22N8. The Hall–Kier alpha value is -2.61. The molecule has 4 rings (SSSR count). The summed E-state index contributed by atoms with van der Waals surface area (Å²) in [6.45, 7) is 1.96. The number of anilines is 3. The minimum atomic E-state index is 0.330. The summed E-state index contributed by atoms with van der Waals surface area (Å²) in [5.74, 6) is 2.09. The van der Waals surface area contributed by atoms with Crippen LogP contribution in [-0.4, -0.2) is 36.9 Å². The van der Waals surface area contributed by atoms with Gasteiger partial charge in [-0.05, 0) is 44.7 Å². The molecule has 8 nitrogen and oxygen atoms in total. The second-order valence-electron chi connectivity index (χ2n) is 6.44. The highest BCUT2D eigenvalue weighted by molar-refractivity contribution is 5.73. The predicted octanol–water partition coefficient (Wildman–Crippen LogP) is 2.19. The van der Waals surface area contributed by atoms with Gasteiger partial charge in [0.2, 0.25) is 5.95 Å². The molecule has 0 aliphatic heterocycles. The van der Waals surface area contributed by atoms with Crippen LogP contribution in [-0.2, 0) is 0 Å². The predicted molar refractivity (Wildman–Crippen MR) is 93.4 cm³/mol. The minimum absolute atomic E-state index is 0.330. The largest absolute Gasteiger partial charge is 0.350 e.